The van der Waals surface area contributed by atoms with Crippen molar-refractivity contribution < 1.29 is 4.79 Å². The van der Waals surface area contributed by atoms with Crippen LogP contribution in [0.15, 0.2) is 53.3 Å². The first kappa shape index (κ1) is 17.2. The number of fused-ring (bicyclic) bond motifs is 2. The number of hydrogen-bond acceptors (Lipinski definition) is 3. The molecule has 136 valence electrons. The standard InChI is InChI=1S/C22H21N3O2/c1-4-24-20(23-18-11-7-5-10-16(18)21(24)26)13-17-15-9-6-8-12-19(15)25(14(2)3)22(17)27/h5-14H,4H2,1-3H3/b17-13-. The summed E-state index contributed by atoms with van der Waals surface area (Å²) in [6.07, 6.45) is 1.75. The van der Waals surface area contributed by atoms with Crippen LogP contribution in [-0.4, -0.2) is 21.5 Å². The van der Waals surface area contributed by atoms with Crippen LogP contribution in [0.4, 0.5) is 5.69 Å². The van der Waals surface area contributed by atoms with E-state index in [9.17, 15) is 9.59 Å². The molecule has 1 aromatic heterocycles. The lowest BCUT2D eigenvalue weighted by Crippen LogP contribution is -2.33. The third-order valence-electron chi connectivity index (χ3n) is 4.90. The zero-order valence-electron chi connectivity index (χ0n) is 15.6. The molecular formula is C22H21N3O2. The molecule has 0 saturated carbocycles. The third-order valence-corrected chi connectivity index (χ3v) is 4.90. The van der Waals surface area contributed by atoms with E-state index in [0.717, 1.165) is 11.3 Å². The minimum atomic E-state index is -0.0885. The highest BCUT2D eigenvalue weighted by Gasteiger charge is 2.33. The quantitative estimate of drug-likeness (QED) is 0.670. The van der Waals surface area contributed by atoms with Crippen LogP contribution in [0.25, 0.3) is 22.6 Å². The molecule has 27 heavy (non-hydrogen) atoms. The maximum absolute atomic E-state index is 13.1. The van der Waals surface area contributed by atoms with E-state index < -0.39 is 0 Å². The fourth-order valence-electron chi connectivity index (χ4n) is 3.65. The van der Waals surface area contributed by atoms with Crippen molar-refractivity contribution in [3.05, 3.63) is 70.3 Å². The maximum atomic E-state index is 13.1. The summed E-state index contributed by atoms with van der Waals surface area (Å²) in [6, 6.07) is 15.1. The second-order valence-electron chi connectivity index (χ2n) is 6.88. The van der Waals surface area contributed by atoms with E-state index in [0.29, 0.717) is 28.8 Å². The van der Waals surface area contributed by atoms with Crippen molar-refractivity contribution in [3.63, 3.8) is 0 Å². The Labute approximate surface area is 157 Å². The molecular weight excluding hydrogens is 338 g/mol. The van der Waals surface area contributed by atoms with Gasteiger partial charge in [-0.2, -0.15) is 0 Å². The van der Waals surface area contributed by atoms with Gasteiger partial charge in [-0.3, -0.25) is 14.2 Å². The zero-order chi connectivity index (χ0) is 19.1. The van der Waals surface area contributed by atoms with E-state index in [1.165, 1.54) is 0 Å². The largest absolute Gasteiger partial charge is 0.305 e. The van der Waals surface area contributed by atoms with Crippen LogP contribution >= 0.6 is 0 Å². The van der Waals surface area contributed by atoms with Crippen molar-refractivity contribution in [2.75, 3.05) is 4.90 Å². The monoisotopic (exact) mass is 359 g/mol. The van der Waals surface area contributed by atoms with Crippen LogP contribution < -0.4 is 10.5 Å². The predicted octanol–water partition coefficient (Wildman–Crippen LogP) is 3.71. The normalized spacial score (nSPS) is 15.2. The van der Waals surface area contributed by atoms with Crippen LogP contribution in [0.2, 0.25) is 0 Å². The fraction of sp³-hybridized carbons (Fsp3) is 0.227. The van der Waals surface area contributed by atoms with Crippen molar-refractivity contribution in [1.29, 1.82) is 0 Å². The highest BCUT2D eigenvalue weighted by Crippen LogP contribution is 2.38. The number of hydrogen-bond donors (Lipinski definition) is 0. The summed E-state index contributed by atoms with van der Waals surface area (Å²) in [7, 11) is 0. The Hall–Kier alpha value is -3.21. The molecule has 5 nitrogen and oxygen atoms in total. The number of aromatic nitrogens is 2. The van der Waals surface area contributed by atoms with E-state index >= 15 is 0 Å². The van der Waals surface area contributed by atoms with Gasteiger partial charge in [0.25, 0.3) is 11.5 Å². The second kappa shape index (κ2) is 6.50. The second-order valence-corrected chi connectivity index (χ2v) is 6.88. The van der Waals surface area contributed by atoms with Crippen LogP contribution in [0.5, 0.6) is 0 Å². The van der Waals surface area contributed by atoms with Crippen molar-refractivity contribution in [3.8, 4) is 0 Å². The van der Waals surface area contributed by atoms with Crippen LogP contribution in [0.3, 0.4) is 0 Å². The molecule has 0 atom stereocenters. The Morgan fingerprint density at radius 1 is 1.04 bits per heavy atom. The highest BCUT2D eigenvalue weighted by atomic mass is 16.2. The molecule has 0 spiro atoms. The van der Waals surface area contributed by atoms with Gasteiger partial charge in [0, 0.05) is 18.2 Å². The summed E-state index contributed by atoms with van der Waals surface area (Å²) in [5, 5.41) is 0.587. The van der Waals surface area contributed by atoms with Crippen molar-refractivity contribution in [2.24, 2.45) is 0 Å². The summed E-state index contributed by atoms with van der Waals surface area (Å²) in [5.74, 6) is 0.446. The lowest BCUT2D eigenvalue weighted by molar-refractivity contribution is -0.113. The predicted molar refractivity (Wildman–Crippen MR) is 109 cm³/mol. The highest BCUT2D eigenvalue weighted by molar-refractivity contribution is 6.35. The molecule has 2 heterocycles. The van der Waals surface area contributed by atoms with Crippen molar-refractivity contribution in [2.45, 2.75) is 33.4 Å². The Kier molecular flexibility index (Phi) is 4.15. The minimum absolute atomic E-state index is 0.0440. The number of benzene rings is 2. The Morgan fingerprint density at radius 3 is 2.48 bits per heavy atom. The first-order valence-corrected chi connectivity index (χ1v) is 9.17. The van der Waals surface area contributed by atoms with Crippen molar-refractivity contribution in [1.82, 2.24) is 9.55 Å². The van der Waals surface area contributed by atoms with E-state index in [-0.39, 0.29) is 17.5 Å². The zero-order valence-corrected chi connectivity index (χ0v) is 15.6. The number of carbonyl (C=O) groups is 1. The average Bonchev–Trinajstić information content (AvgIpc) is 2.94. The molecule has 4 rings (SSSR count). The Balaban J connectivity index is 1.97. The minimum Gasteiger partial charge on any atom is -0.305 e. The van der Waals surface area contributed by atoms with Gasteiger partial charge in [-0.15, -0.1) is 0 Å². The molecule has 1 aliphatic rings. The summed E-state index contributed by atoms with van der Waals surface area (Å²) < 4.78 is 1.61. The van der Waals surface area contributed by atoms with Crippen molar-refractivity contribution >= 4 is 34.1 Å². The molecule has 1 amide bonds. The third kappa shape index (κ3) is 2.67. The SMILES string of the molecule is CCn1c(/C=C2\C(=O)N(C(C)C)c3ccccc32)nc2ccccc2c1=O. The number of anilines is 1. The number of amides is 1. The van der Waals surface area contributed by atoms with Crippen LogP contribution in [0, 0.1) is 0 Å². The average molecular weight is 359 g/mol. The van der Waals surface area contributed by atoms with Gasteiger partial charge >= 0.3 is 0 Å². The molecule has 0 aliphatic carbocycles. The number of rotatable bonds is 3. The number of carbonyl (C=O) groups excluding carboxylic acids is 1. The van der Waals surface area contributed by atoms with Gasteiger partial charge in [0.15, 0.2) is 0 Å². The Morgan fingerprint density at radius 2 is 1.74 bits per heavy atom. The first-order valence-electron chi connectivity index (χ1n) is 9.17. The smallest absolute Gasteiger partial charge is 0.261 e. The fourth-order valence-corrected chi connectivity index (χ4v) is 3.65. The van der Waals surface area contributed by atoms with E-state index in [1.807, 2.05) is 63.2 Å². The van der Waals surface area contributed by atoms with Crippen LogP contribution in [-0.2, 0) is 11.3 Å². The van der Waals surface area contributed by atoms with Gasteiger partial charge in [0.05, 0.1) is 22.2 Å². The Bertz CT molecular complexity index is 1140. The molecule has 0 radical (unpaired) electrons. The van der Waals surface area contributed by atoms with Gasteiger partial charge in [0.1, 0.15) is 5.82 Å². The summed E-state index contributed by atoms with van der Waals surface area (Å²) in [6.45, 7) is 6.38. The first-order chi connectivity index (χ1) is 13.0. The molecule has 5 heteroatoms. The van der Waals surface area contributed by atoms with Crippen LogP contribution in [0.1, 0.15) is 32.2 Å². The maximum Gasteiger partial charge on any atom is 0.261 e. The molecule has 0 bridgehead atoms. The van der Waals surface area contributed by atoms with Gasteiger partial charge in [-0.1, -0.05) is 30.3 Å². The van der Waals surface area contributed by atoms with Gasteiger partial charge in [-0.05, 0) is 45.0 Å². The molecule has 0 N–H and O–H groups in total. The summed E-state index contributed by atoms with van der Waals surface area (Å²) in [4.78, 5) is 32.4. The number of para-hydroxylation sites is 2. The van der Waals surface area contributed by atoms with E-state index in [1.54, 1.807) is 21.6 Å². The summed E-state index contributed by atoms with van der Waals surface area (Å²) in [5.41, 5.74) is 2.90. The molecule has 3 aromatic rings. The van der Waals surface area contributed by atoms with E-state index in [4.69, 9.17) is 0 Å². The van der Waals surface area contributed by atoms with E-state index in [2.05, 4.69) is 4.98 Å². The molecule has 1 aliphatic heterocycles. The summed E-state index contributed by atoms with van der Waals surface area (Å²) >= 11 is 0. The number of nitrogens with zero attached hydrogens (tertiary/aromatic N) is 3. The molecule has 0 fully saturated rings. The molecule has 0 saturated heterocycles. The van der Waals surface area contributed by atoms with Gasteiger partial charge < -0.3 is 4.90 Å². The molecule has 2 aromatic carbocycles. The lowest BCUT2D eigenvalue weighted by Gasteiger charge is -2.21. The molecule has 0 unspecified atom stereocenters. The topological polar surface area (TPSA) is 55.2 Å². The lowest BCUT2D eigenvalue weighted by atomic mass is 10.1. The van der Waals surface area contributed by atoms with Gasteiger partial charge in [-0.25, -0.2) is 4.98 Å². The van der Waals surface area contributed by atoms with Gasteiger partial charge in [0.2, 0.25) is 0 Å².